The van der Waals surface area contributed by atoms with Gasteiger partial charge in [-0.1, -0.05) is 24.3 Å². The van der Waals surface area contributed by atoms with Gasteiger partial charge in [-0.2, -0.15) is 8.42 Å². The molecule has 0 aliphatic carbocycles. The third-order valence-electron chi connectivity index (χ3n) is 5.14. The molecule has 0 spiro atoms. The summed E-state index contributed by atoms with van der Waals surface area (Å²) in [6.07, 6.45) is 2.87. The van der Waals surface area contributed by atoms with Crippen molar-refractivity contribution in [3.05, 3.63) is 54.3 Å². The molecule has 1 saturated heterocycles. The summed E-state index contributed by atoms with van der Waals surface area (Å²) in [5.41, 5.74) is 0.981. The molecule has 0 saturated carbocycles. The van der Waals surface area contributed by atoms with Gasteiger partial charge in [0.2, 0.25) is 0 Å². The van der Waals surface area contributed by atoms with E-state index in [-0.39, 0.29) is 5.69 Å². The van der Waals surface area contributed by atoms with Crippen LogP contribution in [0, 0.1) is 11.7 Å². The second-order valence-electron chi connectivity index (χ2n) is 6.77. The number of hydrogen-bond acceptors (Lipinski definition) is 3. The van der Waals surface area contributed by atoms with Crippen LogP contribution in [0.15, 0.2) is 48.5 Å². The molecule has 138 valence electrons. The lowest BCUT2D eigenvalue weighted by molar-refractivity contribution is 0.358. The molecule has 0 amide bonds. The van der Waals surface area contributed by atoms with Crippen molar-refractivity contribution in [3.63, 3.8) is 0 Å². The van der Waals surface area contributed by atoms with E-state index in [4.69, 9.17) is 0 Å². The Morgan fingerprint density at radius 1 is 1.04 bits per heavy atom. The van der Waals surface area contributed by atoms with Gasteiger partial charge >= 0.3 is 10.2 Å². The predicted octanol–water partition coefficient (Wildman–Crippen LogP) is 3.42. The minimum atomic E-state index is -3.85. The molecular formula is C19H22FN3O2S. The molecule has 0 aromatic heterocycles. The smallest absolute Gasteiger partial charge is 0.317 e. The highest BCUT2D eigenvalue weighted by atomic mass is 32.2. The summed E-state index contributed by atoms with van der Waals surface area (Å²) in [5, 5.41) is 3.32. The van der Waals surface area contributed by atoms with E-state index in [1.807, 2.05) is 6.07 Å². The highest BCUT2D eigenvalue weighted by Crippen LogP contribution is 2.46. The van der Waals surface area contributed by atoms with Gasteiger partial charge in [0.1, 0.15) is 11.5 Å². The molecule has 0 atom stereocenters. The van der Waals surface area contributed by atoms with Crippen LogP contribution in [0.1, 0.15) is 19.3 Å². The fourth-order valence-electron chi connectivity index (χ4n) is 3.78. The van der Waals surface area contributed by atoms with Crippen LogP contribution in [0.3, 0.4) is 0 Å². The molecule has 0 radical (unpaired) electrons. The highest BCUT2D eigenvalue weighted by Gasteiger charge is 2.43. The second-order valence-corrected chi connectivity index (χ2v) is 8.47. The van der Waals surface area contributed by atoms with Crippen molar-refractivity contribution >= 4 is 27.3 Å². The molecule has 0 bridgehead atoms. The minimum absolute atomic E-state index is 0.115. The Balaban J connectivity index is 1.70. The van der Waals surface area contributed by atoms with Crippen molar-refractivity contribution in [1.29, 1.82) is 0 Å². The molecule has 26 heavy (non-hydrogen) atoms. The molecular weight excluding hydrogens is 353 g/mol. The number of nitrogens with one attached hydrogen (secondary N) is 1. The summed E-state index contributed by atoms with van der Waals surface area (Å²) in [6.45, 7) is 2.31. The molecule has 7 heteroatoms. The van der Waals surface area contributed by atoms with E-state index in [9.17, 15) is 12.8 Å². The summed E-state index contributed by atoms with van der Waals surface area (Å²) in [5.74, 6) is -0.0338. The monoisotopic (exact) mass is 375 g/mol. The fourth-order valence-corrected chi connectivity index (χ4v) is 5.50. The average molecular weight is 375 g/mol. The Morgan fingerprint density at radius 3 is 2.50 bits per heavy atom. The molecule has 1 N–H and O–H groups in total. The SMILES string of the molecule is O=S1(=O)N(CCC2CCNCC2)c2cccc(F)c2N1c1ccccc1. The van der Waals surface area contributed by atoms with Crippen LogP contribution >= 0.6 is 0 Å². The first-order valence-electron chi connectivity index (χ1n) is 8.96. The van der Waals surface area contributed by atoms with Crippen LogP contribution in [0.2, 0.25) is 0 Å². The number of halogens is 1. The Bertz CT molecular complexity index is 883. The van der Waals surface area contributed by atoms with Crippen molar-refractivity contribution in [1.82, 2.24) is 5.32 Å². The Hall–Kier alpha value is -2.12. The van der Waals surface area contributed by atoms with Crippen molar-refractivity contribution in [3.8, 4) is 0 Å². The summed E-state index contributed by atoms with van der Waals surface area (Å²) in [7, 11) is -3.85. The van der Waals surface area contributed by atoms with Gasteiger partial charge in [-0.05, 0) is 62.5 Å². The average Bonchev–Trinajstić information content (AvgIpc) is 2.89. The normalized spacial score (nSPS) is 19.6. The van der Waals surface area contributed by atoms with E-state index in [2.05, 4.69) is 5.32 Å². The maximum absolute atomic E-state index is 14.6. The number of nitrogens with zero attached hydrogens (tertiary/aromatic N) is 2. The summed E-state index contributed by atoms with van der Waals surface area (Å²) in [4.78, 5) is 0. The molecule has 0 unspecified atom stereocenters. The number of para-hydroxylation sites is 2. The van der Waals surface area contributed by atoms with Crippen LogP contribution < -0.4 is 13.9 Å². The first-order valence-corrected chi connectivity index (χ1v) is 10.4. The van der Waals surface area contributed by atoms with E-state index in [1.54, 1.807) is 36.4 Å². The van der Waals surface area contributed by atoms with Gasteiger partial charge in [-0.15, -0.1) is 0 Å². The minimum Gasteiger partial charge on any atom is -0.317 e. The van der Waals surface area contributed by atoms with E-state index in [0.717, 1.165) is 36.7 Å². The largest absolute Gasteiger partial charge is 0.331 e. The van der Waals surface area contributed by atoms with Gasteiger partial charge in [-0.3, -0.25) is 4.31 Å². The molecule has 1 fully saturated rings. The van der Waals surface area contributed by atoms with Crippen molar-refractivity contribution < 1.29 is 12.8 Å². The van der Waals surface area contributed by atoms with Crippen LogP contribution in [0.4, 0.5) is 21.5 Å². The third-order valence-corrected chi connectivity index (χ3v) is 6.93. The first-order chi connectivity index (χ1) is 12.6. The van der Waals surface area contributed by atoms with E-state index in [1.165, 1.54) is 10.4 Å². The van der Waals surface area contributed by atoms with Gasteiger partial charge in [0, 0.05) is 6.54 Å². The van der Waals surface area contributed by atoms with Crippen LogP contribution in [-0.4, -0.2) is 28.1 Å². The van der Waals surface area contributed by atoms with Crippen LogP contribution in [0.5, 0.6) is 0 Å². The zero-order valence-electron chi connectivity index (χ0n) is 14.4. The molecule has 2 aliphatic rings. The standard InChI is InChI=1S/C19H22FN3O2S/c20-17-7-4-8-18-19(17)23(16-5-2-1-3-6-16)26(24,25)22(18)14-11-15-9-12-21-13-10-15/h1-8,15,21H,9-14H2. The lowest BCUT2D eigenvalue weighted by atomic mass is 9.95. The maximum atomic E-state index is 14.6. The van der Waals surface area contributed by atoms with Crippen LogP contribution in [0.25, 0.3) is 0 Å². The van der Waals surface area contributed by atoms with Crippen molar-refractivity contribution in [2.75, 3.05) is 28.2 Å². The van der Waals surface area contributed by atoms with Gasteiger partial charge in [0.25, 0.3) is 0 Å². The molecule has 4 rings (SSSR count). The Kier molecular flexibility index (Phi) is 4.58. The van der Waals surface area contributed by atoms with Gasteiger partial charge in [0.15, 0.2) is 0 Å². The molecule has 5 nitrogen and oxygen atoms in total. The number of benzene rings is 2. The fraction of sp³-hybridized carbons (Fsp3) is 0.368. The number of piperidine rings is 1. The second kappa shape index (κ2) is 6.89. The number of rotatable bonds is 4. The third kappa shape index (κ3) is 2.95. The summed E-state index contributed by atoms with van der Waals surface area (Å²) < 4.78 is 43.6. The van der Waals surface area contributed by atoms with E-state index in [0.29, 0.717) is 23.8 Å². The molecule has 2 heterocycles. The number of anilines is 3. The quantitative estimate of drug-likeness (QED) is 0.891. The van der Waals surface area contributed by atoms with Crippen LogP contribution in [-0.2, 0) is 10.2 Å². The molecule has 2 aromatic carbocycles. The number of fused-ring (bicyclic) bond motifs is 1. The topological polar surface area (TPSA) is 52.7 Å². The predicted molar refractivity (Wildman–Crippen MR) is 101 cm³/mol. The van der Waals surface area contributed by atoms with Crippen molar-refractivity contribution in [2.24, 2.45) is 5.92 Å². The lowest BCUT2D eigenvalue weighted by Gasteiger charge is -2.26. The van der Waals surface area contributed by atoms with E-state index < -0.39 is 16.0 Å². The van der Waals surface area contributed by atoms with E-state index >= 15 is 0 Å². The lowest BCUT2D eigenvalue weighted by Crippen LogP contribution is -2.37. The zero-order chi connectivity index (χ0) is 18.1. The van der Waals surface area contributed by atoms with Gasteiger partial charge < -0.3 is 5.32 Å². The molecule has 2 aliphatic heterocycles. The Labute approximate surface area is 153 Å². The van der Waals surface area contributed by atoms with Gasteiger partial charge in [-0.25, -0.2) is 8.70 Å². The summed E-state index contributed by atoms with van der Waals surface area (Å²) >= 11 is 0. The first kappa shape index (κ1) is 17.3. The maximum Gasteiger partial charge on any atom is 0.331 e. The highest BCUT2D eigenvalue weighted by molar-refractivity contribution is 7.95. The zero-order valence-corrected chi connectivity index (χ0v) is 15.3. The van der Waals surface area contributed by atoms with Gasteiger partial charge in [0.05, 0.1) is 11.4 Å². The molecule has 2 aromatic rings. The summed E-state index contributed by atoms with van der Waals surface area (Å²) in [6, 6.07) is 13.2. The number of hydrogen-bond donors (Lipinski definition) is 1. The Morgan fingerprint density at radius 2 is 1.77 bits per heavy atom. The van der Waals surface area contributed by atoms with Crippen molar-refractivity contribution in [2.45, 2.75) is 19.3 Å².